The average molecular weight is 421 g/mol. The first kappa shape index (κ1) is 21.1. The minimum atomic E-state index is -1.22. The van der Waals surface area contributed by atoms with Crippen LogP contribution < -0.4 is 9.47 Å². The fourth-order valence-electron chi connectivity index (χ4n) is 4.98. The number of rotatable bonds is 5. The normalized spacial score (nSPS) is 22.6. The Hall–Kier alpha value is -3.12. The van der Waals surface area contributed by atoms with E-state index in [-0.39, 0.29) is 11.7 Å². The summed E-state index contributed by atoms with van der Waals surface area (Å²) < 4.78 is 12.8. The Morgan fingerprint density at radius 3 is 2.42 bits per heavy atom. The van der Waals surface area contributed by atoms with Crippen molar-refractivity contribution in [1.82, 2.24) is 9.78 Å². The lowest BCUT2D eigenvalue weighted by atomic mass is 9.64. The van der Waals surface area contributed by atoms with Crippen LogP contribution in [0.4, 0.5) is 0 Å². The van der Waals surface area contributed by atoms with E-state index in [0.717, 1.165) is 28.2 Å². The van der Waals surface area contributed by atoms with Crippen molar-refractivity contribution in [1.29, 1.82) is 0 Å². The van der Waals surface area contributed by atoms with Gasteiger partial charge in [-0.2, -0.15) is 5.10 Å². The minimum absolute atomic E-state index is 0.0534. The molecule has 6 nitrogen and oxygen atoms in total. The van der Waals surface area contributed by atoms with Gasteiger partial charge in [-0.15, -0.1) is 0 Å². The number of aliphatic hydroxyl groups is 1. The Bertz CT molecular complexity index is 1120. The van der Waals surface area contributed by atoms with E-state index in [1.165, 1.54) is 0 Å². The standard InChI is InChI=1S/C25H28N2O4/c1-15-22-19(26-27(15)18-9-7-6-8-10-18)14-25(3,29)24(16(2)28)23(22)17-11-12-20(30-4)21(13-17)31-5/h6-13,23-24,29H,14H2,1-5H3/t23-,24-,25+/m1/s1. The summed E-state index contributed by atoms with van der Waals surface area (Å²) in [4.78, 5) is 12.8. The van der Waals surface area contributed by atoms with Crippen molar-refractivity contribution in [3.05, 3.63) is 71.0 Å². The van der Waals surface area contributed by atoms with E-state index >= 15 is 0 Å². The molecule has 1 aliphatic carbocycles. The molecule has 2 aromatic carbocycles. The highest BCUT2D eigenvalue weighted by molar-refractivity contribution is 5.82. The number of Topliss-reactive ketones (excluding diaryl/α,β-unsaturated/α-hetero) is 1. The van der Waals surface area contributed by atoms with E-state index in [1.54, 1.807) is 28.1 Å². The van der Waals surface area contributed by atoms with Gasteiger partial charge in [0.1, 0.15) is 5.78 Å². The summed E-state index contributed by atoms with van der Waals surface area (Å²) in [5.74, 6) is 0.188. The molecule has 3 atom stereocenters. The molecule has 4 rings (SSSR count). The Labute approximate surface area is 182 Å². The zero-order valence-electron chi connectivity index (χ0n) is 18.5. The maximum absolute atomic E-state index is 12.8. The molecule has 0 spiro atoms. The van der Waals surface area contributed by atoms with Crippen LogP contribution in [0.15, 0.2) is 48.5 Å². The van der Waals surface area contributed by atoms with Gasteiger partial charge in [0.15, 0.2) is 11.5 Å². The van der Waals surface area contributed by atoms with Gasteiger partial charge in [0.05, 0.1) is 37.1 Å². The number of fused-ring (bicyclic) bond motifs is 1. The lowest BCUT2D eigenvalue weighted by molar-refractivity contribution is -0.130. The molecule has 0 fully saturated rings. The van der Waals surface area contributed by atoms with Crippen LogP contribution in [0.3, 0.4) is 0 Å². The van der Waals surface area contributed by atoms with Gasteiger partial charge in [-0.25, -0.2) is 4.68 Å². The maximum Gasteiger partial charge on any atom is 0.161 e. The predicted octanol–water partition coefficient (Wildman–Crippen LogP) is 3.84. The summed E-state index contributed by atoms with van der Waals surface area (Å²) in [5.41, 5.74) is 3.36. The number of para-hydroxylation sites is 1. The number of methoxy groups -OCH3 is 2. The van der Waals surface area contributed by atoms with Crippen LogP contribution in [0.25, 0.3) is 5.69 Å². The lowest BCUT2D eigenvalue weighted by Crippen LogP contribution is -2.48. The minimum Gasteiger partial charge on any atom is -0.493 e. The third-order valence-corrected chi connectivity index (χ3v) is 6.28. The van der Waals surface area contributed by atoms with Gasteiger partial charge in [0, 0.05) is 23.6 Å². The summed E-state index contributed by atoms with van der Waals surface area (Å²) in [6.45, 7) is 5.30. The molecular formula is C25H28N2O4. The summed E-state index contributed by atoms with van der Waals surface area (Å²) >= 11 is 0. The van der Waals surface area contributed by atoms with Crippen molar-refractivity contribution in [2.45, 2.75) is 38.7 Å². The van der Waals surface area contributed by atoms with E-state index in [4.69, 9.17) is 14.6 Å². The third kappa shape index (κ3) is 3.51. The smallest absolute Gasteiger partial charge is 0.161 e. The molecule has 0 bridgehead atoms. The molecule has 1 N–H and O–H groups in total. The molecule has 0 unspecified atom stereocenters. The van der Waals surface area contributed by atoms with Gasteiger partial charge < -0.3 is 14.6 Å². The second kappa shape index (κ2) is 7.85. The Morgan fingerprint density at radius 1 is 1.13 bits per heavy atom. The number of hydrogen-bond acceptors (Lipinski definition) is 5. The van der Waals surface area contributed by atoms with Crippen molar-refractivity contribution < 1.29 is 19.4 Å². The number of aromatic nitrogens is 2. The number of ketones is 1. The quantitative estimate of drug-likeness (QED) is 0.679. The van der Waals surface area contributed by atoms with E-state index in [9.17, 15) is 9.90 Å². The van der Waals surface area contributed by atoms with E-state index < -0.39 is 11.5 Å². The number of hydrogen-bond donors (Lipinski definition) is 1. The highest BCUT2D eigenvalue weighted by Crippen LogP contribution is 2.48. The molecular weight excluding hydrogens is 392 g/mol. The topological polar surface area (TPSA) is 73.6 Å². The van der Waals surface area contributed by atoms with Crippen LogP contribution >= 0.6 is 0 Å². The second-order valence-electron chi connectivity index (χ2n) is 8.41. The zero-order valence-corrected chi connectivity index (χ0v) is 18.5. The van der Waals surface area contributed by atoms with E-state index in [0.29, 0.717) is 17.9 Å². The number of carbonyl (C=O) groups is 1. The Morgan fingerprint density at radius 2 is 1.81 bits per heavy atom. The lowest BCUT2D eigenvalue weighted by Gasteiger charge is -2.41. The fraction of sp³-hybridized carbons (Fsp3) is 0.360. The summed E-state index contributed by atoms with van der Waals surface area (Å²) in [5, 5.41) is 16.2. The third-order valence-electron chi connectivity index (χ3n) is 6.28. The first-order valence-corrected chi connectivity index (χ1v) is 10.4. The molecule has 0 amide bonds. The summed E-state index contributed by atoms with van der Waals surface area (Å²) in [6, 6.07) is 15.6. The number of benzene rings is 2. The van der Waals surface area contributed by atoms with Gasteiger partial charge in [0.25, 0.3) is 0 Å². The van der Waals surface area contributed by atoms with Crippen LogP contribution in [0.2, 0.25) is 0 Å². The molecule has 0 radical (unpaired) electrons. The maximum atomic E-state index is 12.8. The number of nitrogens with zero attached hydrogens (tertiary/aromatic N) is 2. The molecule has 6 heteroatoms. The van der Waals surface area contributed by atoms with E-state index in [2.05, 4.69) is 0 Å². The van der Waals surface area contributed by atoms with Gasteiger partial charge in [-0.3, -0.25) is 4.79 Å². The Kier molecular flexibility index (Phi) is 5.35. The van der Waals surface area contributed by atoms with Crippen LogP contribution in [0.5, 0.6) is 11.5 Å². The SMILES string of the molecule is COc1ccc([C@@H]2c3c(nn(-c4ccccc4)c3C)C[C@](C)(O)[C@@H]2C(C)=O)cc1OC. The van der Waals surface area contributed by atoms with Crippen molar-refractivity contribution in [3.8, 4) is 17.2 Å². The molecule has 162 valence electrons. The molecule has 1 aromatic heterocycles. The van der Waals surface area contributed by atoms with Crippen molar-refractivity contribution in [3.63, 3.8) is 0 Å². The van der Waals surface area contributed by atoms with Gasteiger partial charge >= 0.3 is 0 Å². The van der Waals surface area contributed by atoms with Crippen molar-refractivity contribution >= 4 is 5.78 Å². The summed E-state index contributed by atoms with van der Waals surface area (Å²) in [7, 11) is 3.18. The van der Waals surface area contributed by atoms with Crippen LogP contribution in [-0.4, -0.2) is 40.5 Å². The second-order valence-corrected chi connectivity index (χ2v) is 8.41. The molecule has 31 heavy (non-hydrogen) atoms. The van der Waals surface area contributed by atoms with Gasteiger partial charge in [-0.1, -0.05) is 24.3 Å². The predicted molar refractivity (Wildman–Crippen MR) is 118 cm³/mol. The molecule has 3 aromatic rings. The monoisotopic (exact) mass is 420 g/mol. The van der Waals surface area contributed by atoms with Crippen LogP contribution in [0, 0.1) is 12.8 Å². The molecule has 0 aliphatic heterocycles. The largest absolute Gasteiger partial charge is 0.493 e. The van der Waals surface area contributed by atoms with E-state index in [1.807, 2.05) is 60.1 Å². The van der Waals surface area contributed by atoms with Gasteiger partial charge in [0.2, 0.25) is 0 Å². The first-order valence-electron chi connectivity index (χ1n) is 10.4. The first-order chi connectivity index (χ1) is 14.8. The average Bonchev–Trinajstić information content (AvgIpc) is 3.07. The number of ether oxygens (including phenoxy) is 2. The molecule has 0 saturated heterocycles. The zero-order chi connectivity index (χ0) is 22.3. The molecule has 1 aliphatic rings. The van der Waals surface area contributed by atoms with Gasteiger partial charge in [-0.05, 0) is 50.6 Å². The van der Waals surface area contributed by atoms with Crippen LogP contribution in [-0.2, 0) is 11.2 Å². The molecule has 1 heterocycles. The Balaban J connectivity index is 1.96. The summed E-state index contributed by atoms with van der Waals surface area (Å²) in [6.07, 6.45) is 0.317. The highest BCUT2D eigenvalue weighted by Gasteiger charge is 2.49. The highest BCUT2D eigenvalue weighted by atomic mass is 16.5. The molecule has 0 saturated carbocycles. The fourth-order valence-corrected chi connectivity index (χ4v) is 4.98. The van der Waals surface area contributed by atoms with Crippen molar-refractivity contribution in [2.24, 2.45) is 5.92 Å². The van der Waals surface area contributed by atoms with Crippen molar-refractivity contribution in [2.75, 3.05) is 14.2 Å². The van der Waals surface area contributed by atoms with Crippen LogP contribution in [0.1, 0.15) is 42.3 Å². The number of carbonyl (C=O) groups excluding carboxylic acids is 1.